The van der Waals surface area contributed by atoms with Crippen LogP contribution in [0.25, 0.3) is 0 Å². The first kappa shape index (κ1) is 25.6. The van der Waals surface area contributed by atoms with Crippen molar-refractivity contribution in [2.45, 2.75) is 52.0 Å². The van der Waals surface area contributed by atoms with Crippen molar-refractivity contribution in [3.8, 4) is 0 Å². The van der Waals surface area contributed by atoms with Gasteiger partial charge in [0.2, 0.25) is 11.8 Å². The molecular formula is C24H30Cl2N2O2S. The molecule has 0 unspecified atom stereocenters. The van der Waals surface area contributed by atoms with Gasteiger partial charge in [0, 0.05) is 18.8 Å². The average Bonchev–Trinajstić information content (AvgIpc) is 2.75. The van der Waals surface area contributed by atoms with Crippen LogP contribution >= 0.6 is 35.0 Å². The van der Waals surface area contributed by atoms with Gasteiger partial charge in [-0.05, 0) is 48.6 Å². The van der Waals surface area contributed by atoms with Gasteiger partial charge in [0.15, 0.2) is 0 Å². The molecular weight excluding hydrogens is 451 g/mol. The third-order valence-corrected chi connectivity index (χ3v) is 6.74. The minimum absolute atomic E-state index is 0.0492. The van der Waals surface area contributed by atoms with Crippen LogP contribution in [0.3, 0.4) is 0 Å². The van der Waals surface area contributed by atoms with E-state index in [1.165, 1.54) is 11.8 Å². The molecule has 0 heterocycles. The Morgan fingerprint density at radius 1 is 1.10 bits per heavy atom. The quantitative estimate of drug-likeness (QED) is 0.437. The molecule has 4 nitrogen and oxygen atoms in total. The van der Waals surface area contributed by atoms with Crippen LogP contribution in [0.2, 0.25) is 10.0 Å². The lowest BCUT2D eigenvalue weighted by Crippen LogP contribution is -2.49. The Morgan fingerprint density at radius 2 is 1.84 bits per heavy atom. The molecule has 2 amide bonds. The van der Waals surface area contributed by atoms with Gasteiger partial charge in [-0.25, -0.2) is 0 Å². The lowest BCUT2D eigenvalue weighted by molar-refractivity contribution is -0.139. The molecule has 168 valence electrons. The third kappa shape index (κ3) is 7.74. The van der Waals surface area contributed by atoms with Crippen LogP contribution in [0.5, 0.6) is 0 Å². The lowest BCUT2D eigenvalue weighted by atomic mass is 10.1. The van der Waals surface area contributed by atoms with E-state index in [0.717, 1.165) is 23.1 Å². The molecule has 0 bridgehead atoms. The standard InChI is InChI=1S/C24H30Cl2N2O2S/c1-4-12-27-24(30)22(5-2)28(14-19-9-7-6-8-17(19)3)23(29)16-31-15-18-10-11-20(25)21(26)13-18/h6-11,13,22H,4-5,12,14-16H2,1-3H3,(H,27,30)/t22-/m1/s1. The van der Waals surface area contributed by atoms with Gasteiger partial charge >= 0.3 is 0 Å². The highest BCUT2D eigenvalue weighted by Crippen LogP contribution is 2.25. The molecule has 1 atom stereocenters. The number of hydrogen-bond acceptors (Lipinski definition) is 3. The molecule has 2 aromatic rings. The Morgan fingerprint density at radius 3 is 2.48 bits per heavy atom. The second-order valence-corrected chi connectivity index (χ2v) is 9.20. The molecule has 0 spiro atoms. The number of nitrogens with zero attached hydrogens (tertiary/aromatic N) is 1. The fourth-order valence-corrected chi connectivity index (χ4v) is 4.40. The number of benzene rings is 2. The molecule has 0 aromatic heterocycles. The highest BCUT2D eigenvalue weighted by molar-refractivity contribution is 7.99. The number of amides is 2. The Hall–Kier alpha value is -1.69. The summed E-state index contributed by atoms with van der Waals surface area (Å²) in [5.74, 6) is 0.774. The Kier molecular flexibility index (Phi) is 10.7. The normalized spacial score (nSPS) is 11.8. The van der Waals surface area contributed by atoms with E-state index in [1.54, 1.807) is 11.0 Å². The number of nitrogens with one attached hydrogen (secondary N) is 1. The molecule has 0 radical (unpaired) electrons. The first-order valence-corrected chi connectivity index (χ1v) is 12.4. The van der Waals surface area contributed by atoms with Crippen molar-refractivity contribution in [3.63, 3.8) is 0 Å². The molecule has 2 aromatic carbocycles. The van der Waals surface area contributed by atoms with Gasteiger partial charge in [-0.1, -0.05) is 67.4 Å². The van der Waals surface area contributed by atoms with E-state index in [-0.39, 0.29) is 17.6 Å². The van der Waals surface area contributed by atoms with Gasteiger partial charge in [-0.3, -0.25) is 9.59 Å². The summed E-state index contributed by atoms with van der Waals surface area (Å²) in [7, 11) is 0. The maximum atomic E-state index is 13.2. The second-order valence-electron chi connectivity index (χ2n) is 7.40. The van der Waals surface area contributed by atoms with Crippen LogP contribution in [0.15, 0.2) is 42.5 Å². The first-order valence-electron chi connectivity index (χ1n) is 10.5. The number of thioether (sulfide) groups is 1. The smallest absolute Gasteiger partial charge is 0.242 e. The maximum absolute atomic E-state index is 13.2. The highest BCUT2D eigenvalue weighted by Gasteiger charge is 2.28. The predicted molar refractivity (Wildman–Crippen MR) is 132 cm³/mol. The summed E-state index contributed by atoms with van der Waals surface area (Å²) >= 11 is 13.6. The monoisotopic (exact) mass is 480 g/mol. The molecule has 1 N–H and O–H groups in total. The van der Waals surface area contributed by atoms with E-state index in [1.807, 2.05) is 57.2 Å². The van der Waals surface area contributed by atoms with Crippen molar-refractivity contribution in [2.75, 3.05) is 12.3 Å². The summed E-state index contributed by atoms with van der Waals surface area (Å²) in [6.45, 7) is 6.99. The van der Waals surface area contributed by atoms with E-state index in [4.69, 9.17) is 23.2 Å². The van der Waals surface area contributed by atoms with Crippen LogP contribution in [-0.2, 0) is 21.9 Å². The predicted octanol–water partition coefficient (Wildman–Crippen LogP) is 5.87. The van der Waals surface area contributed by atoms with E-state index < -0.39 is 6.04 Å². The zero-order chi connectivity index (χ0) is 22.8. The van der Waals surface area contributed by atoms with Gasteiger partial charge in [0.1, 0.15) is 6.04 Å². The van der Waals surface area contributed by atoms with Gasteiger partial charge in [-0.2, -0.15) is 0 Å². The number of carbonyl (C=O) groups excluding carboxylic acids is 2. The van der Waals surface area contributed by atoms with Crippen molar-refractivity contribution in [3.05, 3.63) is 69.2 Å². The zero-order valence-electron chi connectivity index (χ0n) is 18.3. The van der Waals surface area contributed by atoms with Crippen LogP contribution in [-0.4, -0.2) is 35.1 Å². The Bertz CT molecular complexity index is 892. The van der Waals surface area contributed by atoms with Crippen LogP contribution < -0.4 is 5.32 Å². The summed E-state index contributed by atoms with van der Waals surface area (Å²) in [5, 5.41) is 3.96. The van der Waals surface area contributed by atoms with E-state index in [9.17, 15) is 9.59 Å². The van der Waals surface area contributed by atoms with Gasteiger partial charge in [0.05, 0.1) is 15.8 Å². The van der Waals surface area contributed by atoms with E-state index >= 15 is 0 Å². The van der Waals surface area contributed by atoms with Crippen LogP contribution in [0.4, 0.5) is 0 Å². The second kappa shape index (κ2) is 13.0. The van der Waals surface area contributed by atoms with Crippen molar-refractivity contribution in [1.29, 1.82) is 0 Å². The summed E-state index contributed by atoms with van der Waals surface area (Å²) in [6.07, 6.45) is 1.41. The Balaban J connectivity index is 2.13. The SMILES string of the molecule is CCCNC(=O)[C@@H](CC)N(Cc1ccccc1C)C(=O)CSCc1ccc(Cl)c(Cl)c1. The molecule has 0 aliphatic rings. The number of carbonyl (C=O) groups is 2. The van der Waals surface area contributed by atoms with E-state index in [0.29, 0.717) is 35.3 Å². The average molecular weight is 481 g/mol. The minimum Gasteiger partial charge on any atom is -0.354 e. The number of rotatable bonds is 11. The van der Waals surface area contributed by atoms with Gasteiger partial charge < -0.3 is 10.2 Å². The summed E-state index contributed by atoms with van der Waals surface area (Å²) < 4.78 is 0. The summed E-state index contributed by atoms with van der Waals surface area (Å²) in [5.41, 5.74) is 3.16. The lowest BCUT2D eigenvalue weighted by Gasteiger charge is -2.31. The molecule has 31 heavy (non-hydrogen) atoms. The summed E-state index contributed by atoms with van der Waals surface area (Å²) in [4.78, 5) is 27.7. The number of aryl methyl sites for hydroxylation is 1. The van der Waals surface area contributed by atoms with Crippen LogP contribution in [0.1, 0.15) is 43.4 Å². The third-order valence-electron chi connectivity index (χ3n) is 5.02. The van der Waals surface area contributed by atoms with Crippen molar-refractivity contribution in [2.24, 2.45) is 0 Å². The van der Waals surface area contributed by atoms with Crippen molar-refractivity contribution in [1.82, 2.24) is 10.2 Å². The molecule has 2 rings (SSSR count). The van der Waals surface area contributed by atoms with E-state index in [2.05, 4.69) is 5.32 Å². The molecule has 0 aliphatic carbocycles. The number of halogens is 2. The zero-order valence-corrected chi connectivity index (χ0v) is 20.6. The minimum atomic E-state index is -0.496. The van der Waals surface area contributed by atoms with Crippen molar-refractivity contribution < 1.29 is 9.59 Å². The van der Waals surface area contributed by atoms with Gasteiger partial charge in [-0.15, -0.1) is 11.8 Å². The molecule has 0 aliphatic heterocycles. The largest absolute Gasteiger partial charge is 0.354 e. The molecule has 0 fully saturated rings. The van der Waals surface area contributed by atoms with Crippen molar-refractivity contribution >= 4 is 46.8 Å². The van der Waals surface area contributed by atoms with Gasteiger partial charge in [0.25, 0.3) is 0 Å². The fraction of sp³-hybridized carbons (Fsp3) is 0.417. The molecule has 7 heteroatoms. The fourth-order valence-electron chi connectivity index (χ4n) is 3.23. The maximum Gasteiger partial charge on any atom is 0.242 e. The topological polar surface area (TPSA) is 49.4 Å². The van der Waals surface area contributed by atoms with Crippen LogP contribution in [0, 0.1) is 6.92 Å². The Labute approximate surface area is 199 Å². The summed E-state index contributed by atoms with van der Waals surface area (Å²) in [6, 6.07) is 13.0. The molecule has 0 saturated carbocycles. The highest BCUT2D eigenvalue weighted by atomic mass is 35.5. The molecule has 0 saturated heterocycles. The number of hydrogen-bond donors (Lipinski definition) is 1. The first-order chi connectivity index (χ1) is 14.9.